The monoisotopic (exact) mass is 357 g/mol. The number of rotatable bonds is 3. The molecule has 5 nitrogen and oxygen atoms in total. The van der Waals surface area contributed by atoms with Crippen LogP contribution in [0, 0.1) is 0 Å². The van der Waals surface area contributed by atoms with Gasteiger partial charge in [-0.1, -0.05) is 0 Å². The van der Waals surface area contributed by atoms with E-state index in [0.717, 1.165) is 0 Å². The summed E-state index contributed by atoms with van der Waals surface area (Å²) in [6.45, 7) is 5.08. The third-order valence-corrected chi connectivity index (χ3v) is 3.98. The fourth-order valence-electron chi connectivity index (χ4n) is 2.57. The SMILES string of the molecule is COc1cc(Br)c(OC)c(C(=O)N2C[C@@H](C)O[C@@H](C)C2)c1. The summed E-state index contributed by atoms with van der Waals surface area (Å²) < 4.78 is 17.0. The number of halogens is 1. The lowest BCUT2D eigenvalue weighted by Gasteiger charge is -2.35. The van der Waals surface area contributed by atoms with Crippen LogP contribution in [0.25, 0.3) is 0 Å². The molecular weight excluding hydrogens is 338 g/mol. The molecule has 0 unspecified atom stereocenters. The van der Waals surface area contributed by atoms with E-state index in [1.54, 1.807) is 31.3 Å². The van der Waals surface area contributed by atoms with Gasteiger partial charge in [-0.15, -0.1) is 0 Å². The van der Waals surface area contributed by atoms with Crippen LogP contribution in [0.1, 0.15) is 24.2 Å². The highest BCUT2D eigenvalue weighted by atomic mass is 79.9. The summed E-state index contributed by atoms with van der Waals surface area (Å²) in [6.07, 6.45) is 0.0514. The molecule has 1 saturated heterocycles. The minimum atomic E-state index is -0.0755. The Hall–Kier alpha value is -1.27. The summed E-state index contributed by atoms with van der Waals surface area (Å²) in [4.78, 5) is 14.6. The van der Waals surface area contributed by atoms with Gasteiger partial charge in [0.2, 0.25) is 0 Å². The molecule has 1 aromatic rings. The second-order valence-corrected chi connectivity index (χ2v) is 6.01. The van der Waals surface area contributed by atoms with Gasteiger partial charge >= 0.3 is 0 Å². The lowest BCUT2D eigenvalue weighted by molar-refractivity contribution is -0.0586. The number of ether oxygens (including phenoxy) is 3. The summed E-state index contributed by atoms with van der Waals surface area (Å²) in [5.74, 6) is 1.06. The van der Waals surface area contributed by atoms with Crippen molar-refractivity contribution in [1.82, 2.24) is 4.90 Å². The minimum absolute atomic E-state index is 0.0257. The van der Waals surface area contributed by atoms with Crippen LogP contribution in [0.5, 0.6) is 11.5 Å². The molecule has 0 aromatic heterocycles. The van der Waals surface area contributed by atoms with Gasteiger partial charge in [-0.05, 0) is 41.9 Å². The van der Waals surface area contributed by atoms with E-state index < -0.39 is 0 Å². The van der Waals surface area contributed by atoms with Crippen molar-refractivity contribution >= 4 is 21.8 Å². The van der Waals surface area contributed by atoms with Crippen LogP contribution in [-0.4, -0.2) is 50.3 Å². The first-order valence-electron chi connectivity index (χ1n) is 6.82. The van der Waals surface area contributed by atoms with Crippen LogP contribution >= 0.6 is 15.9 Å². The summed E-state index contributed by atoms with van der Waals surface area (Å²) in [5.41, 5.74) is 0.491. The average Bonchev–Trinajstić information content (AvgIpc) is 2.44. The molecule has 1 amide bonds. The molecule has 1 aliphatic rings. The number of hydrogen-bond donors (Lipinski definition) is 0. The van der Waals surface area contributed by atoms with E-state index in [1.807, 2.05) is 13.8 Å². The average molecular weight is 358 g/mol. The van der Waals surface area contributed by atoms with Crippen molar-refractivity contribution in [3.05, 3.63) is 22.2 Å². The van der Waals surface area contributed by atoms with Crippen LogP contribution < -0.4 is 9.47 Å². The summed E-state index contributed by atoms with van der Waals surface area (Å²) in [7, 11) is 3.12. The molecular formula is C15H20BrNO4. The Morgan fingerprint density at radius 3 is 2.38 bits per heavy atom. The predicted molar refractivity (Wildman–Crippen MR) is 83.2 cm³/mol. The molecule has 0 spiro atoms. The fourth-order valence-corrected chi connectivity index (χ4v) is 3.17. The van der Waals surface area contributed by atoms with E-state index >= 15 is 0 Å². The summed E-state index contributed by atoms with van der Waals surface area (Å²) in [6, 6.07) is 3.48. The maximum atomic E-state index is 12.8. The van der Waals surface area contributed by atoms with E-state index in [4.69, 9.17) is 14.2 Å². The fraction of sp³-hybridized carbons (Fsp3) is 0.533. The van der Waals surface area contributed by atoms with E-state index in [9.17, 15) is 4.79 Å². The second-order valence-electron chi connectivity index (χ2n) is 5.16. The largest absolute Gasteiger partial charge is 0.497 e. The second kappa shape index (κ2) is 6.66. The van der Waals surface area contributed by atoms with Crippen molar-refractivity contribution in [3.63, 3.8) is 0 Å². The molecule has 2 rings (SSSR count). The van der Waals surface area contributed by atoms with Crippen LogP contribution in [-0.2, 0) is 4.74 Å². The molecule has 2 atom stereocenters. The molecule has 1 fully saturated rings. The number of hydrogen-bond acceptors (Lipinski definition) is 4. The van der Waals surface area contributed by atoms with Crippen molar-refractivity contribution in [2.45, 2.75) is 26.1 Å². The smallest absolute Gasteiger partial charge is 0.257 e. The third-order valence-electron chi connectivity index (χ3n) is 3.39. The first-order chi connectivity index (χ1) is 9.96. The van der Waals surface area contributed by atoms with Gasteiger partial charge in [0.05, 0.1) is 36.5 Å². The zero-order valence-electron chi connectivity index (χ0n) is 12.7. The molecule has 0 aliphatic carbocycles. The topological polar surface area (TPSA) is 48.0 Å². The molecule has 0 saturated carbocycles. The quantitative estimate of drug-likeness (QED) is 0.834. The Labute approximate surface area is 133 Å². The van der Waals surface area contributed by atoms with Gasteiger partial charge in [-0.3, -0.25) is 4.79 Å². The van der Waals surface area contributed by atoms with Crippen LogP contribution in [0.3, 0.4) is 0 Å². The summed E-state index contributed by atoms with van der Waals surface area (Å²) in [5, 5.41) is 0. The summed E-state index contributed by atoms with van der Waals surface area (Å²) >= 11 is 3.41. The number of morpholine rings is 1. The van der Waals surface area contributed by atoms with E-state index in [1.165, 1.54) is 0 Å². The molecule has 1 aliphatic heterocycles. The molecule has 1 heterocycles. The van der Waals surface area contributed by atoms with Crippen molar-refractivity contribution in [3.8, 4) is 11.5 Å². The molecule has 1 aromatic carbocycles. The van der Waals surface area contributed by atoms with Crippen molar-refractivity contribution in [1.29, 1.82) is 0 Å². The number of carbonyl (C=O) groups excluding carboxylic acids is 1. The standard InChI is InChI=1S/C15H20BrNO4/c1-9-7-17(8-10(2)21-9)15(18)12-5-11(19-3)6-13(16)14(12)20-4/h5-6,9-10H,7-8H2,1-4H3/t9-,10+. The molecule has 116 valence electrons. The predicted octanol–water partition coefficient (Wildman–Crippen LogP) is 2.72. The first-order valence-corrected chi connectivity index (χ1v) is 7.61. The van der Waals surface area contributed by atoms with Crippen LogP contribution in [0.2, 0.25) is 0 Å². The molecule has 0 N–H and O–H groups in total. The van der Waals surface area contributed by atoms with Crippen molar-refractivity contribution in [2.75, 3.05) is 27.3 Å². The van der Waals surface area contributed by atoms with E-state index in [-0.39, 0.29) is 18.1 Å². The molecule has 0 radical (unpaired) electrons. The van der Waals surface area contributed by atoms with Gasteiger partial charge in [0.15, 0.2) is 0 Å². The van der Waals surface area contributed by atoms with E-state index in [0.29, 0.717) is 34.6 Å². The lowest BCUT2D eigenvalue weighted by atomic mass is 10.1. The number of benzene rings is 1. The van der Waals surface area contributed by atoms with Crippen molar-refractivity contribution < 1.29 is 19.0 Å². The zero-order valence-corrected chi connectivity index (χ0v) is 14.3. The third kappa shape index (κ3) is 3.49. The van der Waals surface area contributed by atoms with Gasteiger partial charge in [0.1, 0.15) is 11.5 Å². The normalized spacial score (nSPS) is 22.0. The highest BCUT2D eigenvalue weighted by molar-refractivity contribution is 9.10. The van der Waals surface area contributed by atoms with Gasteiger partial charge in [0.25, 0.3) is 5.91 Å². The number of methoxy groups -OCH3 is 2. The Morgan fingerprint density at radius 2 is 1.86 bits per heavy atom. The Kier molecular flexibility index (Phi) is 5.11. The molecule has 21 heavy (non-hydrogen) atoms. The minimum Gasteiger partial charge on any atom is -0.497 e. The van der Waals surface area contributed by atoms with E-state index in [2.05, 4.69) is 15.9 Å². The van der Waals surface area contributed by atoms with Gasteiger partial charge in [-0.2, -0.15) is 0 Å². The van der Waals surface area contributed by atoms with Crippen molar-refractivity contribution in [2.24, 2.45) is 0 Å². The maximum Gasteiger partial charge on any atom is 0.257 e. The lowest BCUT2D eigenvalue weighted by Crippen LogP contribution is -2.48. The Morgan fingerprint density at radius 1 is 1.24 bits per heavy atom. The molecule has 6 heteroatoms. The number of amides is 1. The van der Waals surface area contributed by atoms with Crippen LogP contribution in [0.15, 0.2) is 16.6 Å². The van der Waals surface area contributed by atoms with Gasteiger partial charge in [0, 0.05) is 13.1 Å². The first kappa shape index (κ1) is 16.1. The zero-order chi connectivity index (χ0) is 15.6. The van der Waals surface area contributed by atoms with Crippen LogP contribution in [0.4, 0.5) is 0 Å². The van der Waals surface area contributed by atoms with Gasteiger partial charge < -0.3 is 19.1 Å². The van der Waals surface area contributed by atoms with Gasteiger partial charge in [-0.25, -0.2) is 0 Å². The Bertz CT molecular complexity index is 525. The Balaban J connectivity index is 2.35. The molecule has 0 bridgehead atoms. The number of nitrogens with zero attached hydrogens (tertiary/aromatic N) is 1. The highest BCUT2D eigenvalue weighted by Gasteiger charge is 2.29. The highest BCUT2D eigenvalue weighted by Crippen LogP contribution is 2.34. The maximum absolute atomic E-state index is 12.8. The number of carbonyl (C=O) groups is 1.